The monoisotopic (exact) mass is 356 g/mol. The molecule has 1 aliphatic rings. The molecule has 2 amide bonds. The SMILES string of the molecule is COC(=O)c1cccc(NC(=O)CC(=O)Nc2ccc3c(c2)OCO3)c1. The van der Waals surface area contributed by atoms with Crippen LogP contribution < -0.4 is 20.1 Å². The second-order valence-electron chi connectivity index (χ2n) is 5.41. The fraction of sp³-hybridized carbons (Fsp3) is 0.167. The van der Waals surface area contributed by atoms with Gasteiger partial charge in [0.15, 0.2) is 11.5 Å². The van der Waals surface area contributed by atoms with E-state index in [4.69, 9.17) is 9.47 Å². The first-order chi connectivity index (χ1) is 12.5. The quantitative estimate of drug-likeness (QED) is 0.629. The van der Waals surface area contributed by atoms with Crippen LogP contribution in [0.2, 0.25) is 0 Å². The normalized spacial score (nSPS) is 11.6. The second-order valence-corrected chi connectivity index (χ2v) is 5.41. The fourth-order valence-corrected chi connectivity index (χ4v) is 2.37. The van der Waals surface area contributed by atoms with Gasteiger partial charge < -0.3 is 24.8 Å². The molecular formula is C18H16N2O6. The summed E-state index contributed by atoms with van der Waals surface area (Å²) in [5, 5.41) is 5.19. The lowest BCUT2D eigenvalue weighted by molar-refractivity contribution is -0.123. The Kier molecular flexibility index (Phi) is 5.02. The van der Waals surface area contributed by atoms with E-state index in [9.17, 15) is 14.4 Å². The molecule has 0 saturated heterocycles. The number of amides is 2. The van der Waals surface area contributed by atoms with E-state index in [1.807, 2.05) is 0 Å². The van der Waals surface area contributed by atoms with Gasteiger partial charge in [-0.3, -0.25) is 9.59 Å². The van der Waals surface area contributed by atoms with Gasteiger partial charge in [-0.05, 0) is 30.3 Å². The number of benzene rings is 2. The Hall–Kier alpha value is -3.55. The zero-order valence-corrected chi connectivity index (χ0v) is 13.9. The zero-order chi connectivity index (χ0) is 18.5. The van der Waals surface area contributed by atoms with Gasteiger partial charge in [-0.15, -0.1) is 0 Å². The van der Waals surface area contributed by atoms with Crippen molar-refractivity contribution in [1.82, 2.24) is 0 Å². The van der Waals surface area contributed by atoms with Crippen molar-refractivity contribution in [3.05, 3.63) is 48.0 Å². The predicted molar refractivity (Wildman–Crippen MR) is 92.2 cm³/mol. The third-order valence-corrected chi connectivity index (χ3v) is 3.54. The van der Waals surface area contributed by atoms with E-state index in [-0.39, 0.29) is 13.2 Å². The summed E-state index contributed by atoms with van der Waals surface area (Å²) in [7, 11) is 1.27. The van der Waals surface area contributed by atoms with Gasteiger partial charge in [0.25, 0.3) is 0 Å². The van der Waals surface area contributed by atoms with Gasteiger partial charge in [0.1, 0.15) is 6.42 Å². The largest absolute Gasteiger partial charge is 0.465 e. The molecule has 0 radical (unpaired) electrons. The molecule has 134 valence electrons. The summed E-state index contributed by atoms with van der Waals surface area (Å²) in [6.45, 7) is 0.139. The highest BCUT2D eigenvalue weighted by Gasteiger charge is 2.16. The van der Waals surface area contributed by atoms with Crippen LogP contribution >= 0.6 is 0 Å². The molecule has 0 atom stereocenters. The Labute approximate surface area is 149 Å². The molecular weight excluding hydrogens is 340 g/mol. The highest BCUT2D eigenvalue weighted by Crippen LogP contribution is 2.34. The Balaban J connectivity index is 1.56. The predicted octanol–water partition coefficient (Wildman–Crippen LogP) is 2.17. The smallest absolute Gasteiger partial charge is 0.337 e. The summed E-state index contributed by atoms with van der Waals surface area (Å²) in [6, 6.07) is 11.2. The lowest BCUT2D eigenvalue weighted by Gasteiger charge is -2.08. The van der Waals surface area contributed by atoms with Crippen molar-refractivity contribution >= 4 is 29.2 Å². The van der Waals surface area contributed by atoms with Gasteiger partial charge in [0, 0.05) is 17.4 Å². The standard InChI is InChI=1S/C18H16N2O6/c1-24-18(23)11-3-2-4-12(7-11)19-16(21)9-17(22)20-13-5-6-14-15(8-13)26-10-25-14/h2-8H,9-10H2,1H3,(H,19,21)(H,20,22). The first kappa shape index (κ1) is 17.3. The number of nitrogens with one attached hydrogen (secondary N) is 2. The molecule has 8 nitrogen and oxygen atoms in total. The molecule has 0 spiro atoms. The van der Waals surface area contributed by atoms with Gasteiger partial charge in [-0.25, -0.2) is 4.79 Å². The maximum atomic E-state index is 12.0. The van der Waals surface area contributed by atoms with E-state index < -0.39 is 17.8 Å². The van der Waals surface area contributed by atoms with E-state index in [1.54, 1.807) is 36.4 Å². The van der Waals surface area contributed by atoms with Gasteiger partial charge in [0.2, 0.25) is 18.6 Å². The number of methoxy groups -OCH3 is 1. The van der Waals surface area contributed by atoms with Crippen molar-refractivity contribution in [3.8, 4) is 11.5 Å². The van der Waals surface area contributed by atoms with Crippen molar-refractivity contribution < 1.29 is 28.6 Å². The van der Waals surface area contributed by atoms with Crippen LogP contribution in [0.5, 0.6) is 11.5 Å². The highest BCUT2D eigenvalue weighted by atomic mass is 16.7. The first-order valence-electron chi connectivity index (χ1n) is 7.73. The Morgan fingerprint density at radius 2 is 1.65 bits per heavy atom. The average Bonchev–Trinajstić information content (AvgIpc) is 3.08. The topological polar surface area (TPSA) is 103 Å². The van der Waals surface area contributed by atoms with E-state index in [0.717, 1.165) is 0 Å². The van der Waals surface area contributed by atoms with Crippen molar-refractivity contribution in [2.75, 3.05) is 24.5 Å². The number of ether oxygens (including phenoxy) is 3. The number of fused-ring (bicyclic) bond motifs is 1. The summed E-state index contributed by atoms with van der Waals surface area (Å²) >= 11 is 0. The van der Waals surface area contributed by atoms with Crippen LogP contribution in [-0.4, -0.2) is 31.7 Å². The molecule has 2 aromatic carbocycles. The van der Waals surface area contributed by atoms with Crippen molar-refractivity contribution in [1.29, 1.82) is 0 Å². The Morgan fingerprint density at radius 3 is 2.38 bits per heavy atom. The molecule has 0 unspecified atom stereocenters. The lowest BCUT2D eigenvalue weighted by atomic mass is 10.2. The zero-order valence-electron chi connectivity index (χ0n) is 13.9. The molecule has 2 aromatic rings. The maximum absolute atomic E-state index is 12.0. The molecule has 8 heteroatoms. The highest BCUT2D eigenvalue weighted by molar-refractivity contribution is 6.08. The summed E-state index contributed by atoms with van der Waals surface area (Å²) < 4.78 is 15.0. The molecule has 0 saturated carbocycles. The van der Waals surface area contributed by atoms with Gasteiger partial charge >= 0.3 is 5.97 Å². The molecule has 0 bridgehead atoms. The fourth-order valence-electron chi connectivity index (χ4n) is 2.37. The molecule has 0 aliphatic carbocycles. The van der Waals surface area contributed by atoms with Crippen LogP contribution in [0.15, 0.2) is 42.5 Å². The molecule has 3 rings (SSSR count). The Morgan fingerprint density at radius 1 is 0.962 bits per heavy atom. The maximum Gasteiger partial charge on any atom is 0.337 e. The van der Waals surface area contributed by atoms with Crippen LogP contribution in [0, 0.1) is 0 Å². The van der Waals surface area contributed by atoms with Crippen molar-refractivity contribution in [3.63, 3.8) is 0 Å². The molecule has 0 fully saturated rings. The lowest BCUT2D eigenvalue weighted by Crippen LogP contribution is -2.21. The summed E-state index contributed by atoms with van der Waals surface area (Å²) in [5.74, 6) is -0.365. The number of anilines is 2. The number of rotatable bonds is 5. The molecule has 0 aromatic heterocycles. The minimum Gasteiger partial charge on any atom is -0.465 e. The molecule has 1 heterocycles. The minimum atomic E-state index is -0.512. The van der Waals surface area contributed by atoms with E-state index in [2.05, 4.69) is 15.4 Å². The summed E-state index contributed by atoms with van der Waals surface area (Å²) in [4.78, 5) is 35.5. The number of hydrogen-bond acceptors (Lipinski definition) is 6. The molecule has 2 N–H and O–H groups in total. The second kappa shape index (κ2) is 7.56. The number of carbonyl (C=O) groups is 3. The third kappa shape index (κ3) is 4.10. The number of carbonyl (C=O) groups excluding carboxylic acids is 3. The van der Waals surface area contributed by atoms with Crippen molar-refractivity contribution in [2.24, 2.45) is 0 Å². The van der Waals surface area contributed by atoms with E-state index in [0.29, 0.717) is 28.4 Å². The van der Waals surface area contributed by atoms with Crippen LogP contribution in [-0.2, 0) is 14.3 Å². The first-order valence-corrected chi connectivity index (χ1v) is 7.73. The van der Waals surface area contributed by atoms with Crippen molar-refractivity contribution in [2.45, 2.75) is 6.42 Å². The van der Waals surface area contributed by atoms with Crippen LogP contribution in [0.3, 0.4) is 0 Å². The molecule has 1 aliphatic heterocycles. The third-order valence-electron chi connectivity index (χ3n) is 3.54. The summed E-state index contributed by atoms with van der Waals surface area (Å²) in [5.41, 5.74) is 1.20. The number of hydrogen-bond donors (Lipinski definition) is 2. The number of esters is 1. The van der Waals surface area contributed by atoms with Crippen LogP contribution in [0.25, 0.3) is 0 Å². The Bertz CT molecular complexity index is 865. The average molecular weight is 356 g/mol. The van der Waals surface area contributed by atoms with E-state index >= 15 is 0 Å². The van der Waals surface area contributed by atoms with Gasteiger partial charge in [-0.2, -0.15) is 0 Å². The van der Waals surface area contributed by atoms with Crippen LogP contribution in [0.4, 0.5) is 11.4 Å². The van der Waals surface area contributed by atoms with Gasteiger partial charge in [-0.1, -0.05) is 6.07 Å². The minimum absolute atomic E-state index is 0.139. The summed E-state index contributed by atoms with van der Waals surface area (Å²) in [6.07, 6.45) is -0.378. The van der Waals surface area contributed by atoms with E-state index in [1.165, 1.54) is 13.2 Å². The van der Waals surface area contributed by atoms with Crippen LogP contribution in [0.1, 0.15) is 16.8 Å². The molecule has 26 heavy (non-hydrogen) atoms. The van der Waals surface area contributed by atoms with Gasteiger partial charge in [0.05, 0.1) is 12.7 Å².